The van der Waals surface area contributed by atoms with Gasteiger partial charge in [0.15, 0.2) is 5.60 Å². The van der Waals surface area contributed by atoms with Crippen LogP contribution in [0.2, 0.25) is 0 Å². The minimum absolute atomic E-state index is 0.0534. The molecule has 0 aromatic heterocycles. The van der Waals surface area contributed by atoms with E-state index in [1.165, 1.54) is 21.0 Å². The average molecular weight is 688 g/mol. The number of aliphatic hydroxyl groups excluding tert-OH is 1. The lowest BCUT2D eigenvalue weighted by molar-refractivity contribution is -0.322. The Labute approximate surface area is 286 Å². The first-order valence-corrected chi connectivity index (χ1v) is 17.2. The van der Waals surface area contributed by atoms with Crippen molar-refractivity contribution in [3.8, 4) is 0 Å². The summed E-state index contributed by atoms with van der Waals surface area (Å²) in [5.74, 6) is -4.24. The molecule has 7 rings (SSSR count). The molecule has 13 heteroatoms. The van der Waals surface area contributed by atoms with Gasteiger partial charge < -0.3 is 43.4 Å². The van der Waals surface area contributed by atoms with Crippen LogP contribution in [-0.4, -0.2) is 135 Å². The number of carbonyl (C=O) groups is 3. The highest BCUT2D eigenvalue weighted by molar-refractivity contribution is 5.89. The Morgan fingerprint density at radius 1 is 0.918 bits per heavy atom. The molecule has 15 atom stereocenters. The molecule has 1 saturated heterocycles. The largest absolute Gasteiger partial charge is 0.462 e. The highest BCUT2D eigenvalue weighted by Gasteiger charge is 2.92. The van der Waals surface area contributed by atoms with E-state index in [4.69, 9.17) is 33.2 Å². The molecule has 3 unspecified atom stereocenters. The zero-order valence-electron chi connectivity index (χ0n) is 29.2. The highest BCUT2D eigenvalue weighted by atomic mass is 16.6. The lowest BCUT2D eigenvalue weighted by atomic mass is 9.42. The van der Waals surface area contributed by atoms with Crippen LogP contribution in [-0.2, 0) is 42.7 Å². The molecule has 1 heterocycles. The van der Waals surface area contributed by atoms with Crippen molar-refractivity contribution >= 4 is 17.9 Å². The highest BCUT2D eigenvalue weighted by Crippen LogP contribution is 2.80. The summed E-state index contributed by atoms with van der Waals surface area (Å²) in [5.41, 5.74) is -4.92. The number of piperidine rings is 1. The number of ether oxygens (including phenoxy) is 7. The summed E-state index contributed by atoms with van der Waals surface area (Å²) >= 11 is 0. The van der Waals surface area contributed by atoms with E-state index in [0.29, 0.717) is 19.5 Å². The topological polar surface area (TPSA) is 160 Å². The molecule has 1 aromatic carbocycles. The fourth-order valence-corrected chi connectivity index (χ4v) is 12.7. The van der Waals surface area contributed by atoms with Crippen LogP contribution in [0, 0.1) is 34.5 Å². The third-order valence-electron chi connectivity index (χ3n) is 13.4. The lowest BCUT2D eigenvalue weighted by Crippen LogP contribution is -2.81. The van der Waals surface area contributed by atoms with Crippen LogP contribution in [0.1, 0.15) is 44.0 Å². The van der Waals surface area contributed by atoms with Crippen LogP contribution in [0.15, 0.2) is 30.3 Å². The third kappa shape index (κ3) is 4.21. The Bertz CT molecular complexity index is 1480. The zero-order chi connectivity index (χ0) is 35.3. The van der Waals surface area contributed by atoms with E-state index in [0.717, 1.165) is 0 Å². The normalized spacial score (nSPS) is 47.4. The van der Waals surface area contributed by atoms with Gasteiger partial charge in [-0.15, -0.1) is 0 Å². The van der Waals surface area contributed by atoms with E-state index < -0.39 is 100 Å². The quantitative estimate of drug-likeness (QED) is 0.267. The summed E-state index contributed by atoms with van der Waals surface area (Å²) in [6.07, 6.45) is -5.45. The minimum Gasteiger partial charge on any atom is -0.462 e. The molecule has 2 N–H and O–H groups in total. The lowest BCUT2D eigenvalue weighted by Gasteiger charge is -2.70. The maximum absolute atomic E-state index is 13.8. The second kappa shape index (κ2) is 12.0. The van der Waals surface area contributed by atoms with E-state index in [1.807, 2.05) is 6.92 Å². The summed E-state index contributed by atoms with van der Waals surface area (Å²) in [4.78, 5) is 42.2. The number of hydrogen-bond donors (Lipinski definition) is 2. The first kappa shape index (κ1) is 34.8. The van der Waals surface area contributed by atoms with Crippen molar-refractivity contribution in [2.45, 2.75) is 87.5 Å². The van der Waals surface area contributed by atoms with E-state index in [-0.39, 0.29) is 24.6 Å². The van der Waals surface area contributed by atoms with E-state index >= 15 is 0 Å². The minimum atomic E-state index is -1.86. The first-order chi connectivity index (χ1) is 23.4. The number of hydrogen-bond acceptors (Lipinski definition) is 13. The van der Waals surface area contributed by atoms with Gasteiger partial charge in [0.1, 0.15) is 30.0 Å². The van der Waals surface area contributed by atoms with E-state index in [9.17, 15) is 24.6 Å². The monoisotopic (exact) mass is 687 g/mol. The number of likely N-dealkylation sites (tertiary alicyclic amines) is 1. The summed E-state index contributed by atoms with van der Waals surface area (Å²) in [6, 6.07) is 8.12. The molecule has 1 aliphatic heterocycles. The fourth-order valence-electron chi connectivity index (χ4n) is 12.7. The molecule has 1 spiro atoms. The first-order valence-electron chi connectivity index (χ1n) is 17.2. The van der Waals surface area contributed by atoms with Crippen LogP contribution in [0.4, 0.5) is 0 Å². The number of nitrogens with zero attached hydrogens (tertiary/aromatic N) is 1. The maximum atomic E-state index is 13.8. The molecular weight excluding hydrogens is 638 g/mol. The number of aliphatic hydroxyl groups is 2. The summed E-state index contributed by atoms with van der Waals surface area (Å²) in [7, 11) is 6.25. The fraction of sp³-hybridized carbons (Fsp3) is 0.750. The average Bonchev–Trinajstić information content (AvgIpc) is 3.44. The molecule has 49 heavy (non-hydrogen) atoms. The SMILES string of the molecule is CCN1C[C@]2(COC)[C@H]3[C@@H](OC)C4[C@@H]1[C@@]3(C1CC3(O)[C@H](OC(=O)c5ccccc5)[C@@H]1[C@]4(OC(C)=O)[C@@H](O)[C@@H]3OC)[C@H](OC)C[C@H]2OC(C)=O. The second-order valence-electron chi connectivity index (χ2n) is 15.0. The molecule has 6 fully saturated rings. The van der Waals surface area contributed by atoms with Crippen molar-refractivity contribution in [1.82, 2.24) is 4.90 Å². The van der Waals surface area contributed by atoms with Crippen molar-refractivity contribution in [2.75, 3.05) is 48.1 Å². The molecule has 13 nitrogen and oxygen atoms in total. The van der Waals surface area contributed by atoms with Gasteiger partial charge in [0.2, 0.25) is 0 Å². The molecule has 5 aliphatic carbocycles. The Balaban J connectivity index is 1.53. The molecule has 1 aromatic rings. The Hall–Kier alpha value is -2.65. The Kier molecular flexibility index (Phi) is 8.49. The van der Waals surface area contributed by atoms with Gasteiger partial charge in [0.05, 0.1) is 24.4 Å². The number of esters is 3. The third-order valence-corrected chi connectivity index (χ3v) is 13.4. The van der Waals surface area contributed by atoms with Crippen molar-refractivity contribution in [3.05, 3.63) is 35.9 Å². The molecule has 6 aliphatic rings. The number of methoxy groups -OCH3 is 4. The van der Waals surface area contributed by atoms with Gasteiger partial charge in [-0.1, -0.05) is 25.1 Å². The van der Waals surface area contributed by atoms with Crippen molar-refractivity contribution in [3.63, 3.8) is 0 Å². The standard InChI is InChI=1S/C36H49NO12/c1-8-37-16-33(17-43-4)22(47-18(2)38)14-23(44-5)35-21-15-34(42)30(48-32(41)20-12-10-9-11-13-20)24(21)36(49-19(3)39,29(40)31(34)46-7)25(28(35)37)26(45-6)27(33)35/h9-13,21-31,40,42H,8,14-17H2,1-7H3/t21?,22-,23-,24-,25?,26+,27-,28-,29+,30-,31+,33-,34?,35+,36-/m1/s1. The summed E-state index contributed by atoms with van der Waals surface area (Å²) in [6.45, 7) is 5.99. The van der Waals surface area contributed by atoms with Crippen LogP contribution in [0.3, 0.4) is 0 Å². The summed E-state index contributed by atoms with van der Waals surface area (Å²) < 4.78 is 43.9. The van der Waals surface area contributed by atoms with Crippen LogP contribution >= 0.6 is 0 Å². The van der Waals surface area contributed by atoms with Gasteiger partial charge in [-0.05, 0) is 31.0 Å². The number of rotatable bonds is 10. The van der Waals surface area contributed by atoms with Gasteiger partial charge in [-0.25, -0.2) is 4.79 Å². The van der Waals surface area contributed by atoms with E-state index in [2.05, 4.69) is 4.90 Å². The van der Waals surface area contributed by atoms with Crippen LogP contribution < -0.4 is 0 Å². The van der Waals surface area contributed by atoms with E-state index in [1.54, 1.807) is 51.7 Å². The van der Waals surface area contributed by atoms with Crippen molar-refractivity contribution < 1.29 is 57.8 Å². The van der Waals surface area contributed by atoms with Crippen molar-refractivity contribution in [2.24, 2.45) is 34.5 Å². The van der Waals surface area contributed by atoms with Gasteiger partial charge >= 0.3 is 17.9 Å². The summed E-state index contributed by atoms with van der Waals surface area (Å²) in [5, 5.41) is 25.5. The number of benzene rings is 1. The van der Waals surface area contributed by atoms with Crippen LogP contribution in [0.25, 0.3) is 0 Å². The molecule has 0 radical (unpaired) electrons. The van der Waals surface area contributed by atoms with Gasteiger partial charge in [-0.2, -0.15) is 0 Å². The van der Waals surface area contributed by atoms with Gasteiger partial charge in [0.25, 0.3) is 0 Å². The zero-order valence-corrected chi connectivity index (χ0v) is 29.2. The Morgan fingerprint density at radius 3 is 2.20 bits per heavy atom. The molecule has 270 valence electrons. The number of fused-ring (bicyclic) bond motifs is 2. The second-order valence-corrected chi connectivity index (χ2v) is 15.0. The smallest absolute Gasteiger partial charge is 0.338 e. The predicted octanol–water partition coefficient (Wildman–Crippen LogP) is 1.22. The molecule has 7 bridgehead atoms. The molecule has 0 amide bonds. The predicted molar refractivity (Wildman–Crippen MR) is 170 cm³/mol. The van der Waals surface area contributed by atoms with Gasteiger partial charge in [0, 0.05) is 89.9 Å². The molecular formula is C36H49NO12. The van der Waals surface area contributed by atoms with Crippen molar-refractivity contribution in [1.29, 1.82) is 0 Å². The molecule has 5 saturated carbocycles. The Morgan fingerprint density at radius 2 is 1.63 bits per heavy atom. The maximum Gasteiger partial charge on any atom is 0.338 e. The van der Waals surface area contributed by atoms with Gasteiger partial charge in [-0.3, -0.25) is 14.5 Å². The van der Waals surface area contributed by atoms with Crippen LogP contribution in [0.5, 0.6) is 0 Å². The number of carbonyl (C=O) groups excluding carboxylic acids is 3.